The smallest absolute Gasteiger partial charge is 0.323 e. The van der Waals surface area contributed by atoms with Gasteiger partial charge in [0.1, 0.15) is 11.8 Å². The van der Waals surface area contributed by atoms with E-state index in [2.05, 4.69) is 5.32 Å². The molecule has 1 aliphatic heterocycles. The fourth-order valence-corrected chi connectivity index (χ4v) is 2.19. The average Bonchev–Trinajstić information content (AvgIpc) is 3.01. The Hall–Kier alpha value is -1.88. The molecule has 1 saturated heterocycles. The number of hydrogen-bond acceptors (Lipinski definition) is 5. The summed E-state index contributed by atoms with van der Waals surface area (Å²) in [4.78, 5) is 24.0. The van der Waals surface area contributed by atoms with E-state index in [-0.39, 0.29) is 17.8 Å². The summed E-state index contributed by atoms with van der Waals surface area (Å²) < 4.78 is 10.3. The molecule has 0 amide bonds. The van der Waals surface area contributed by atoms with Crippen molar-refractivity contribution >= 4 is 11.8 Å². The largest absolute Gasteiger partial charge is 0.497 e. The highest BCUT2D eigenvalue weighted by molar-refractivity contribution is 6.00. The molecule has 2 atom stereocenters. The maximum atomic E-state index is 12.2. The van der Waals surface area contributed by atoms with Crippen LogP contribution in [0.25, 0.3) is 0 Å². The lowest BCUT2D eigenvalue weighted by molar-refractivity contribution is -0.148. The summed E-state index contributed by atoms with van der Waals surface area (Å²) in [5, 5.41) is 3.05. The van der Waals surface area contributed by atoms with Crippen molar-refractivity contribution in [1.29, 1.82) is 0 Å². The van der Waals surface area contributed by atoms with Gasteiger partial charge in [-0.1, -0.05) is 0 Å². The lowest BCUT2D eigenvalue weighted by atomic mass is 10.1. The van der Waals surface area contributed by atoms with Gasteiger partial charge in [-0.3, -0.25) is 9.59 Å². The number of ether oxygens (including phenoxy) is 2. The third-order valence-corrected chi connectivity index (χ3v) is 3.38. The average molecular weight is 277 g/mol. The molecular weight excluding hydrogens is 258 g/mol. The zero-order valence-corrected chi connectivity index (χ0v) is 11.7. The van der Waals surface area contributed by atoms with Crippen LogP contribution in [0.5, 0.6) is 5.75 Å². The Morgan fingerprint density at radius 1 is 1.30 bits per heavy atom. The van der Waals surface area contributed by atoms with E-state index in [1.54, 1.807) is 38.3 Å². The Labute approximate surface area is 118 Å². The van der Waals surface area contributed by atoms with Gasteiger partial charge in [0.25, 0.3) is 0 Å². The van der Waals surface area contributed by atoms with E-state index in [9.17, 15) is 9.59 Å². The van der Waals surface area contributed by atoms with E-state index < -0.39 is 6.10 Å². The molecule has 1 aromatic rings. The number of rotatable bonds is 5. The van der Waals surface area contributed by atoms with Crippen molar-refractivity contribution in [2.24, 2.45) is 0 Å². The molecule has 0 spiro atoms. The summed E-state index contributed by atoms with van der Waals surface area (Å²) in [6.45, 7) is 2.42. The molecular formula is C15H19NO4. The molecule has 2 rings (SSSR count). The van der Waals surface area contributed by atoms with E-state index in [4.69, 9.17) is 9.47 Å². The van der Waals surface area contributed by atoms with Crippen molar-refractivity contribution < 1.29 is 19.1 Å². The van der Waals surface area contributed by atoms with E-state index in [1.807, 2.05) is 0 Å². The molecule has 1 heterocycles. The van der Waals surface area contributed by atoms with Crippen LogP contribution in [0.15, 0.2) is 24.3 Å². The third kappa shape index (κ3) is 3.36. The Balaban J connectivity index is 1.95. The molecule has 0 aromatic heterocycles. The molecule has 0 saturated carbocycles. The molecule has 0 radical (unpaired) electrons. The maximum Gasteiger partial charge on any atom is 0.323 e. The Kier molecular flexibility index (Phi) is 4.74. The molecule has 108 valence electrons. The van der Waals surface area contributed by atoms with Crippen molar-refractivity contribution in [2.45, 2.75) is 31.9 Å². The van der Waals surface area contributed by atoms with Gasteiger partial charge in [-0.05, 0) is 50.6 Å². The predicted octanol–water partition coefficient (Wildman–Crippen LogP) is 1.56. The molecule has 2 unspecified atom stereocenters. The van der Waals surface area contributed by atoms with Crippen LogP contribution in [-0.2, 0) is 9.53 Å². The molecule has 5 nitrogen and oxygen atoms in total. The number of esters is 1. The zero-order valence-electron chi connectivity index (χ0n) is 11.7. The second-order valence-electron chi connectivity index (χ2n) is 4.82. The van der Waals surface area contributed by atoms with Crippen LogP contribution < -0.4 is 10.1 Å². The highest BCUT2D eigenvalue weighted by atomic mass is 16.5. The first-order valence-corrected chi connectivity index (χ1v) is 6.74. The van der Waals surface area contributed by atoms with Gasteiger partial charge in [0.2, 0.25) is 5.78 Å². The second-order valence-corrected chi connectivity index (χ2v) is 4.82. The van der Waals surface area contributed by atoms with Crippen molar-refractivity contribution in [3.8, 4) is 5.75 Å². The van der Waals surface area contributed by atoms with Crippen LogP contribution in [0.2, 0.25) is 0 Å². The van der Waals surface area contributed by atoms with E-state index in [0.29, 0.717) is 11.3 Å². The molecule has 1 aromatic carbocycles. The summed E-state index contributed by atoms with van der Waals surface area (Å²) >= 11 is 0. The number of benzene rings is 1. The first kappa shape index (κ1) is 14.5. The lowest BCUT2D eigenvalue weighted by Gasteiger charge is -2.15. The number of nitrogens with one attached hydrogen (secondary N) is 1. The summed E-state index contributed by atoms with van der Waals surface area (Å²) in [6.07, 6.45) is 0.946. The number of Topliss-reactive ketones (excluding diaryl/α,β-unsaturated/α-hetero) is 1. The number of carbonyl (C=O) groups is 2. The van der Waals surface area contributed by atoms with Crippen LogP contribution in [0, 0.1) is 0 Å². The van der Waals surface area contributed by atoms with Gasteiger partial charge in [0.05, 0.1) is 7.11 Å². The monoisotopic (exact) mass is 277 g/mol. The van der Waals surface area contributed by atoms with Crippen LogP contribution in [-0.4, -0.2) is 37.6 Å². The fourth-order valence-electron chi connectivity index (χ4n) is 2.19. The summed E-state index contributed by atoms with van der Waals surface area (Å²) in [6, 6.07) is 6.47. The van der Waals surface area contributed by atoms with Gasteiger partial charge in [-0.25, -0.2) is 0 Å². The first-order chi connectivity index (χ1) is 9.61. The number of ketones is 1. The van der Waals surface area contributed by atoms with Gasteiger partial charge >= 0.3 is 5.97 Å². The third-order valence-electron chi connectivity index (χ3n) is 3.38. The molecule has 0 aliphatic carbocycles. The second kappa shape index (κ2) is 6.52. The van der Waals surface area contributed by atoms with Crippen molar-refractivity contribution in [3.63, 3.8) is 0 Å². The number of methoxy groups -OCH3 is 1. The summed E-state index contributed by atoms with van der Waals surface area (Å²) in [5.41, 5.74) is 0.505. The van der Waals surface area contributed by atoms with Gasteiger partial charge in [-0.2, -0.15) is 0 Å². The standard InChI is InChI=1S/C15H19NO4/c1-10(20-15(18)13-4-3-9-16-13)14(17)11-5-7-12(19-2)8-6-11/h5-8,10,13,16H,3-4,9H2,1-2H3. The molecule has 5 heteroatoms. The maximum absolute atomic E-state index is 12.2. The molecule has 1 N–H and O–H groups in total. The SMILES string of the molecule is COc1ccc(C(=O)C(C)OC(=O)C2CCCN2)cc1. The molecule has 1 aliphatic rings. The van der Waals surface area contributed by atoms with Crippen LogP contribution in [0.1, 0.15) is 30.1 Å². The van der Waals surface area contributed by atoms with Crippen LogP contribution in [0.4, 0.5) is 0 Å². The topological polar surface area (TPSA) is 64.6 Å². The van der Waals surface area contributed by atoms with Gasteiger partial charge in [-0.15, -0.1) is 0 Å². The number of carbonyl (C=O) groups excluding carboxylic acids is 2. The summed E-state index contributed by atoms with van der Waals surface area (Å²) in [7, 11) is 1.57. The Morgan fingerprint density at radius 2 is 2.00 bits per heavy atom. The minimum atomic E-state index is -0.779. The van der Waals surface area contributed by atoms with Gasteiger partial charge in [0, 0.05) is 5.56 Å². The van der Waals surface area contributed by atoms with Gasteiger partial charge < -0.3 is 14.8 Å². The minimum absolute atomic E-state index is 0.209. The Morgan fingerprint density at radius 3 is 2.55 bits per heavy atom. The van der Waals surface area contributed by atoms with Crippen LogP contribution >= 0.6 is 0 Å². The first-order valence-electron chi connectivity index (χ1n) is 6.74. The van der Waals surface area contributed by atoms with Gasteiger partial charge in [0.15, 0.2) is 6.10 Å². The normalized spacial score (nSPS) is 19.4. The van der Waals surface area contributed by atoms with Crippen molar-refractivity contribution in [3.05, 3.63) is 29.8 Å². The highest BCUT2D eigenvalue weighted by Crippen LogP contribution is 2.15. The van der Waals surface area contributed by atoms with Crippen molar-refractivity contribution in [1.82, 2.24) is 5.32 Å². The highest BCUT2D eigenvalue weighted by Gasteiger charge is 2.27. The summed E-state index contributed by atoms with van der Waals surface area (Å²) in [5.74, 6) is 0.122. The minimum Gasteiger partial charge on any atom is -0.497 e. The lowest BCUT2D eigenvalue weighted by Crippen LogP contribution is -2.36. The predicted molar refractivity (Wildman–Crippen MR) is 73.9 cm³/mol. The van der Waals surface area contributed by atoms with Crippen LogP contribution in [0.3, 0.4) is 0 Å². The molecule has 20 heavy (non-hydrogen) atoms. The van der Waals surface area contributed by atoms with E-state index in [1.165, 1.54) is 0 Å². The number of hydrogen-bond donors (Lipinski definition) is 1. The van der Waals surface area contributed by atoms with E-state index >= 15 is 0 Å². The molecule has 0 bridgehead atoms. The Bertz CT molecular complexity index is 477. The quantitative estimate of drug-likeness (QED) is 0.653. The van der Waals surface area contributed by atoms with Crippen molar-refractivity contribution in [2.75, 3.05) is 13.7 Å². The van der Waals surface area contributed by atoms with E-state index in [0.717, 1.165) is 19.4 Å². The zero-order chi connectivity index (χ0) is 14.5. The fraction of sp³-hybridized carbons (Fsp3) is 0.467. The molecule has 1 fully saturated rings.